The van der Waals surface area contributed by atoms with Crippen molar-refractivity contribution < 1.29 is 4.79 Å². The number of aromatic nitrogens is 2. The Morgan fingerprint density at radius 1 is 1.04 bits per heavy atom. The van der Waals surface area contributed by atoms with Crippen LogP contribution in [0.2, 0.25) is 0 Å². The minimum Gasteiger partial charge on any atom is -0.356 e. The van der Waals surface area contributed by atoms with Crippen molar-refractivity contribution in [2.24, 2.45) is 0 Å². The van der Waals surface area contributed by atoms with Gasteiger partial charge in [-0.2, -0.15) is 0 Å². The molecule has 3 heterocycles. The van der Waals surface area contributed by atoms with Crippen LogP contribution >= 0.6 is 11.3 Å². The average molecular weight is 381 g/mol. The summed E-state index contributed by atoms with van der Waals surface area (Å²) in [6, 6.07) is 7.87. The van der Waals surface area contributed by atoms with Crippen LogP contribution < -0.4 is 10.2 Å². The second-order valence-corrected chi connectivity index (χ2v) is 8.34. The number of aryl methyl sites for hydroxylation is 2. The molecule has 4 rings (SSSR count). The van der Waals surface area contributed by atoms with E-state index in [2.05, 4.69) is 20.2 Å². The van der Waals surface area contributed by atoms with E-state index in [1.54, 1.807) is 17.7 Å². The Balaban J connectivity index is 1.74. The van der Waals surface area contributed by atoms with E-state index < -0.39 is 0 Å². The highest BCUT2D eigenvalue weighted by Crippen LogP contribution is 2.36. The lowest BCUT2D eigenvalue weighted by Crippen LogP contribution is -2.25. The van der Waals surface area contributed by atoms with E-state index in [1.165, 1.54) is 31.2 Å². The number of nitrogens with zero attached hydrogens (tertiary/aromatic N) is 3. The predicted molar refractivity (Wildman–Crippen MR) is 112 cm³/mol. The zero-order valence-corrected chi connectivity index (χ0v) is 16.6. The van der Waals surface area contributed by atoms with Gasteiger partial charge in [-0.25, -0.2) is 9.97 Å². The molecule has 6 heteroatoms. The molecule has 140 valence electrons. The number of hydrogen-bond acceptors (Lipinski definition) is 5. The van der Waals surface area contributed by atoms with Gasteiger partial charge >= 0.3 is 0 Å². The third kappa shape index (κ3) is 3.67. The van der Waals surface area contributed by atoms with Crippen LogP contribution in [0, 0.1) is 13.8 Å². The number of nitrogens with one attached hydrogen (secondary N) is 1. The number of carbonyl (C=O) groups is 1. The summed E-state index contributed by atoms with van der Waals surface area (Å²) in [6.45, 7) is 6.00. The Bertz CT molecular complexity index is 956. The van der Waals surface area contributed by atoms with Crippen molar-refractivity contribution in [3.8, 4) is 0 Å². The van der Waals surface area contributed by atoms with Gasteiger partial charge in [-0.05, 0) is 38.8 Å². The van der Waals surface area contributed by atoms with Crippen molar-refractivity contribution in [3.63, 3.8) is 0 Å². The summed E-state index contributed by atoms with van der Waals surface area (Å²) in [7, 11) is 0. The lowest BCUT2D eigenvalue weighted by Gasteiger charge is -2.22. The monoisotopic (exact) mass is 380 g/mol. The van der Waals surface area contributed by atoms with Crippen molar-refractivity contribution in [2.45, 2.75) is 39.5 Å². The molecule has 3 aromatic rings. The van der Waals surface area contributed by atoms with Crippen molar-refractivity contribution in [1.82, 2.24) is 9.97 Å². The van der Waals surface area contributed by atoms with Gasteiger partial charge < -0.3 is 10.2 Å². The maximum Gasteiger partial charge on any atom is 0.257 e. The third-order valence-corrected chi connectivity index (χ3v) is 6.10. The standard InChI is InChI=1S/C21H24N4OS/c1-14-7-9-16(10-8-14)24-20(26)17-15(2)27-21-18(17)19(22-13-23-21)25-11-5-3-4-6-12-25/h7-10,13H,3-6,11-12H2,1-2H3,(H,24,26). The number of fused-ring (bicyclic) bond motifs is 1. The van der Waals surface area contributed by atoms with Gasteiger partial charge in [0, 0.05) is 23.7 Å². The van der Waals surface area contributed by atoms with E-state index in [9.17, 15) is 4.79 Å². The zero-order valence-electron chi connectivity index (χ0n) is 15.8. The van der Waals surface area contributed by atoms with Gasteiger partial charge in [0.1, 0.15) is 17.0 Å². The van der Waals surface area contributed by atoms with Crippen LogP contribution in [-0.4, -0.2) is 29.0 Å². The number of benzene rings is 1. The molecule has 1 aliphatic rings. The number of carbonyl (C=O) groups excluding carboxylic acids is 1. The molecule has 1 saturated heterocycles. The SMILES string of the molecule is Cc1ccc(NC(=O)c2c(C)sc3ncnc(N4CCCCCC4)c23)cc1. The Morgan fingerprint density at radius 3 is 2.44 bits per heavy atom. The first kappa shape index (κ1) is 17.9. The highest BCUT2D eigenvalue weighted by molar-refractivity contribution is 7.19. The molecule has 0 saturated carbocycles. The molecule has 0 aliphatic carbocycles. The van der Waals surface area contributed by atoms with Gasteiger partial charge in [0.05, 0.1) is 10.9 Å². The van der Waals surface area contributed by atoms with Crippen LogP contribution in [0.1, 0.15) is 46.5 Å². The van der Waals surface area contributed by atoms with E-state index in [0.717, 1.165) is 39.7 Å². The average Bonchev–Trinajstić information content (AvgIpc) is 2.83. The van der Waals surface area contributed by atoms with Crippen LogP contribution in [0.3, 0.4) is 0 Å². The molecule has 0 unspecified atom stereocenters. The van der Waals surface area contributed by atoms with Crippen LogP contribution in [0.4, 0.5) is 11.5 Å². The number of hydrogen-bond donors (Lipinski definition) is 1. The smallest absolute Gasteiger partial charge is 0.257 e. The summed E-state index contributed by atoms with van der Waals surface area (Å²) in [5.41, 5.74) is 2.68. The summed E-state index contributed by atoms with van der Waals surface area (Å²) < 4.78 is 0. The molecule has 0 atom stereocenters. The molecule has 1 fully saturated rings. The lowest BCUT2D eigenvalue weighted by atomic mass is 10.1. The Kier molecular flexibility index (Phi) is 5.07. The summed E-state index contributed by atoms with van der Waals surface area (Å²) in [5.74, 6) is 0.814. The van der Waals surface area contributed by atoms with Crippen molar-refractivity contribution in [3.05, 3.63) is 46.6 Å². The van der Waals surface area contributed by atoms with E-state index in [4.69, 9.17) is 0 Å². The Labute approximate surface area is 163 Å². The van der Waals surface area contributed by atoms with E-state index in [-0.39, 0.29) is 5.91 Å². The molecule has 1 amide bonds. The van der Waals surface area contributed by atoms with E-state index in [0.29, 0.717) is 5.56 Å². The van der Waals surface area contributed by atoms with Gasteiger partial charge in [-0.1, -0.05) is 30.5 Å². The maximum atomic E-state index is 13.1. The number of amides is 1. The van der Waals surface area contributed by atoms with E-state index >= 15 is 0 Å². The third-order valence-electron chi connectivity index (χ3n) is 5.09. The van der Waals surface area contributed by atoms with Crippen LogP contribution in [0.25, 0.3) is 10.2 Å². The molecule has 2 aromatic heterocycles. The normalized spacial score (nSPS) is 15.0. The van der Waals surface area contributed by atoms with Gasteiger partial charge in [0.2, 0.25) is 0 Å². The highest BCUT2D eigenvalue weighted by atomic mass is 32.1. The van der Waals surface area contributed by atoms with Gasteiger partial charge in [-0.15, -0.1) is 11.3 Å². The molecule has 5 nitrogen and oxygen atoms in total. The summed E-state index contributed by atoms with van der Waals surface area (Å²) in [4.78, 5) is 26.3. The summed E-state index contributed by atoms with van der Waals surface area (Å²) in [5, 5.41) is 3.94. The van der Waals surface area contributed by atoms with Gasteiger partial charge in [0.15, 0.2) is 0 Å². The van der Waals surface area contributed by atoms with Crippen LogP contribution in [0.15, 0.2) is 30.6 Å². The van der Waals surface area contributed by atoms with Crippen molar-refractivity contribution in [2.75, 3.05) is 23.3 Å². The minimum atomic E-state index is -0.0894. The van der Waals surface area contributed by atoms with E-state index in [1.807, 2.05) is 38.1 Å². The topological polar surface area (TPSA) is 58.1 Å². The minimum absolute atomic E-state index is 0.0894. The second-order valence-electron chi connectivity index (χ2n) is 7.13. The quantitative estimate of drug-likeness (QED) is 0.699. The number of anilines is 2. The van der Waals surface area contributed by atoms with Gasteiger partial charge in [0.25, 0.3) is 5.91 Å². The van der Waals surface area contributed by atoms with Crippen molar-refractivity contribution >= 4 is 39.0 Å². The van der Waals surface area contributed by atoms with Crippen LogP contribution in [-0.2, 0) is 0 Å². The predicted octanol–water partition coefficient (Wildman–Crippen LogP) is 4.94. The highest BCUT2D eigenvalue weighted by Gasteiger charge is 2.24. The Morgan fingerprint density at radius 2 is 1.74 bits per heavy atom. The largest absolute Gasteiger partial charge is 0.356 e. The first-order chi connectivity index (χ1) is 13.1. The molecule has 0 radical (unpaired) electrons. The fourth-order valence-corrected chi connectivity index (χ4v) is 4.64. The fraction of sp³-hybridized carbons (Fsp3) is 0.381. The molecular formula is C21H24N4OS. The fourth-order valence-electron chi connectivity index (χ4n) is 3.66. The molecule has 0 spiro atoms. The molecule has 1 aliphatic heterocycles. The lowest BCUT2D eigenvalue weighted by molar-refractivity contribution is 0.102. The number of rotatable bonds is 3. The number of thiophene rings is 1. The Hall–Kier alpha value is -2.47. The maximum absolute atomic E-state index is 13.1. The molecule has 1 N–H and O–H groups in total. The first-order valence-corrected chi connectivity index (χ1v) is 10.3. The van der Waals surface area contributed by atoms with Crippen molar-refractivity contribution in [1.29, 1.82) is 0 Å². The first-order valence-electron chi connectivity index (χ1n) is 9.50. The molecule has 27 heavy (non-hydrogen) atoms. The van der Waals surface area contributed by atoms with Crippen LogP contribution in [0.5, 0.6) is 0 Å². The second kappa shape index (κ2) is 7.64. The summed E-state index contributed by atoms with van der Waals surface area (Å²) >= 11 is 1.56. The zero-order chi connectivity index (χ0) is 18.8. The molecule has 1 aromatic carbocycles. The van der Waals surface area contributed by atoms with Gasteiger partial charge in [-0.3, -0.25) is 4.79 Å². The summed E-state index contributed by atoms with van der Waals surface area (Å²) in [6.07, 6.45) is 6.47. The molecule has 0 bridgehead atoms. The molecular weight excluding hydrogens is 356 g/mol.